The van der Waals surface area contributed by atoms with E-state index >= 15 is 0 Å². The van der Waals surface area contributed by atoms with E-state index in [1.165, 1.54) is 11.8 Å². The van der Waals surface area contributed by atoms with Crippen molar-refractivity contribution in [2.24, 2.45) is 0 Å². The highest BCUT2D eigenvalue weighted by molar-refractivity contribution is 9.10. The molecule has 0 spiro atoms. The fourth-order valence-electron chi connectivity index (χ4n) is 1.26. The highest BCUT2D eigenvalue weighted by Crippen LogP contribution is 2.29. The van der Waals surface area contributed by atoms with Crippen LogP contribution in [0.1, 0.15) is 10.4 Å². The molecule has 0 atom stereocenters. The number of halogens is 1. The Hall–Kier alpha value is -1.06. The molecule has 0 unspecified atom stereocenters. The zero-order valence-corrected chi connectivity index (χ0v) is 10.8. The van der Waals surface area contributed by atoms with Crippen molar-refractivity contribution in [3.63, 3.8) is 0 Å². The van der Waals surface area contributed by atoms with Gasteiger partial charge in [0.2, 0.25) is 5.12 Å². The van der Waals surface area contributed by atoms with E-state index < -0.39 is 0 Å². The lowest BCUT2D eigenvalue weighted by Crippen LogP contribution is -1.92. The summed E-state index contributed by atoms with van der Waals surface area (Å²) in [7, 11) is 0. The first-order valence-electron chi connectivity index (χ1n) is 4.79. The van der Waals surface area contributed by atoms with Crippen LogP contribution in [0.25, 0.3) is 0 Å². The van der Waals surface area contributed by atoms with Crippen LogP contribution in [-0.4, -0.2) is 5.12 Å². The van der Waals surface area contributed by atoms with Crippen LogP contribution in [0.4, 0.5) is 0 Å². The standard InChI is InChI=1S/C13H9BrOS/c14-11-8-4-5-9-12(11)16-13(15)10-6-2-1-3-7-10/h1-9H. The average Bonchev–Trinajstić information content (AvgIpc) is 2.33. The van der Waals surface area contributed by atoms with Gasteiger partial charge in [0.05, 0.1) is 0 Å². The minimum absolute atomic E-state index is 0.0625. The van der Waals surface area contributed by atoms with E-state index in [9.17, 15) is 4.79 Å². The lowest BCUT2D eigenvalue weighted by Gasteiger charge is -2.02. The number of hydrogen-bond donors (Lipinski definition) is 0. The Morgan fingerprint density at radius 2 is 1.56 bits per heavy atom. The first-order chi connectivity index (χ1) is 7.77. The molecular formula is C13H9BrOS. The molecule has 0 aliphatic heterocycles. The highest BCUT2D eigenvalue weighted by Gasteiger charge is 2.09. The number of benzene rings is 2. The van der Waals surface area contributed by atoms with Crippen LogP contribution in [0.15, 0.2) is 64.0 Å². The van der Waals surface area contributed by atoms with Crippen LogP contribution >= 0.6 is 27.7 Å². The zero-order valence-electron chi connectivity index (χ0n) is 8.39. The largest absolute Gasteiger partial charge is 0.281 e. The maximum Gasteiger partial charge on any atom is 0.224 e. The minimum Gasteiger partial charge on any atom is -0.281 e. The van der Waals surface area contributed by atoms with Gasteiger partial charge in [-0.1, -0.05) is 42.5 Å². The quantitative estimate of drug-likeness (QED) is 0.764. The van der Waals surface area contributed by atoms with Crippen molar-refractivity contribution in [3.05, 3.63) is 64.6 Å². The van der Waals surface area contributed by atoms with Crippen LogP contribution in [0, 0.1) is 0 Å². The van der Waals surface area contributed by atoms with Crippen molar-refractivity contribution in [1.82, 2.24) is 0 Å². The lowest BCUT2D eigenvalue weighted by atomic mass is 10.2. The molecule has 0 N–H and O–H groups in total. The molecule has 0 aromatic heterocycles. The van der Waals surface area contributed by atoms with Crippen LogP contribution in [0.5, 0.6) is 0 Å². The first-order valence-corrected chi connectivity index (χ1v) is 6.40. The van der Waals surface area contributed by atoms with Crippen molar-refractivity contribution in [1.29, 1.82) is 0 Å². The molecule has 0 saturated carbocycles. The van der Waals surface area contributed by atoms with Gasteiger partial charge in [0.25, 0.3) is 0 Å². The van der Waals surface area contributed by atoms with E-state index in [0.717, 1.165) is 14.9 Å². The molecule has 1 nitrogen and oxygen atoms in total. The van der Waals surface area contributed by atoms with Crippen LogP contribution in [-0.2, 0) is 0 Å². The van der Waals surface area contributed by atoms with Gasteiger partial charge in [-0.2, -0.15) is 0 Å². The molecular weight excluding hydrogens is 284 g/mol. The van der Waals surface area contributed by atoms with Crippen molar-refractivity contribution in [2.45, 2.75) is 4.90 Å². The van der Waals surface area contributed by atoms with Crippen molar-refractivity contribution < 1.29 is 4.79 Å². The Bertz CT molecular complexity index is 496. The van der Waals surface area contributed by atoms with Gasteiger partial charge >= 0.3 is 0 Å². The third kappa shape index (κ3) is 2.74. The third-order valence-corrected chi connectivity index (χ3v) is 4.00. The second-order valence-corrected chi connectivity index (χ2v) is 5.06. The summed E-state index contributed by atoms with van der Waals surface area (Å²) in [5, 5.41) is 0.0625. The van der Waals surface area contributed by atoms with Gasteiger partial charge in [-0.3, -0.25) is 4.79 Å². The third-order valence-electron chi connectivity index (χ3n) is 2.05. The second kappa shape index (κ2) is 5.32. The normalized spacial score (nSPS) is 10.1. The van der Waals surface area contributed by atoms with Gasteiger partial charge in [-0.05, 0) is 39.8 Å². The fraction of sp³-hybridized carbons (Fsp3) is 0. The molecule has 0 fully saturated rings. The summed E-state index contributed by atoms with van der Waals surface area (Å²) < 4.78 is 0.948. The first kappa shape index (κ1) is 11.4. The SMILES string of the molecule is O=C(Sc1ccccc1Br)c1ccccc1. The Labute approximate surface area is 107 Å². The molecule has 0 radical (unpaired) electrons. The molecule has 80 valence electrons. The lowest BCUT2D eigenvalue weighted by molar-refractivity contribution is 0.108. The van der Waals surface area contributed by atoms with E-state index in [1.54, 1.807) is 0 Å². The number of rotatable bonds is 2. The Morgan fingerprint density at radius 1 is 0.938 bits per heavy atom. The topological polar surface area (TPSA) is 17.1 Å². The molecule has 0 heterocycles. The maximum absolute atomic E-state index is 11.9. The van der Waals surface area contributed by atoms with Crippen molar-refractivity contribution in [2.75, 3.05) is 0 Å². The number of hydrogen-bond acceptors (Lipinski definition) is 2. The molecule has 0 aliphatic rings. The second-order valence-electron chi connectivity index (χ2n) is 3.19. The molecule has 2 aromatic carbocycles. The number of thioether (sulfide) groups is 1. The number of carbonyl (C=O) groups is 1. The van der Waals surface area contributed by atoms with E-state index in [2.05, 4.69) is 15.9 Å². The monoisotopic (exact) mass is 292 g/mol. The Morgan fingerprint density at radius 3 is 2.25 bits per heavy atom. The Balaban J connectivity index is 2.18. The average molecular weight is 293 g/mol. The van der Waals surface area contributed by atoms with E-state index in [0.29, 0.717) is 0 Å². The molecule has 2 aromatic rings. The summed E-state index contributed by atoms with van der Waals surface area (Å²) in [6.07, 6.45) is 0. The summed E-state index contributed by atoms with van der Waals surface area (Å²) >= 11 is 4.66. The molecule has 0 amide bonds. The maximum atomic E-state index is 11.9. The van der Waals surface area contributed by atoms with E-state index in [1.807, 2.05) is 54.6 Å². The summed E-state index contributed by atoms with van der Waals surface area (Å²) in [6.45, 7) is 0. The van der Waals surface area contributed by atoms with Crippen LogP contribution < -0.4 is 0 Å². The molecule has 3 heteroatoms. The van der Waals surface area contributed by atoms with Gasteiger partial charge in [-0.15, -0.1) is 0 Å². The summed E-state index contributed by atoms with van der Waals surface area (Å²) in [5.41, 5.74) is 0.725. The van der Waals surface area contributed by atoms with Gasteiger partial charge in [0, 0.05) is 14.9 Å². The van der Waals surface area contributed by atoms with Gasteiger partial charge in [0.15, 0.2) is 0 Å². The smallest absolute Gasteiger partial charge is 0.224 e. The van der Waals surface area contributed by atoms with E-state index in [-0.39, 0.29) is 5.12 Å². The van der Waals surface area contributed by atoms with Gasteiger partial charge in [0.1, 0.15) is 0 Å². The zero-order chi connectivity index (χ0) is 11.4. The van der Waals surface area contributed by atoms with Crippen molar-refractivity contribution in [3.8, 4) is 0 Å². The van der Waals surface area contributed by atoms with Gasteiger partial charge in [-0.25, -0.2) is 0 Å². The molecule has 16 heavy (non-hydrogen) atoms. The van der Waals surface area contributed by atoms with Crippen LogP contribution in [0.2, 0.25) is 0 Å². The predicted molar refractivity (Wildman–Crippen MR) is 70.8 cm³/mol. The fourth-order valence-corrected chi connectivity index (χ4v) is 2.55. The van der Waals surface area contributed by atoms with Crippen molar-refractivity contribution >= 4 is 32.8 Å². The molecule has 0 saturated heterocycles. The predicted octanol–water partition coefficient (Wildman–Crippen LogP) is 4.38. The van der Waals surface area contributed by atoms with E-state index in [4.69, 9.17) is 0 Å². The minimum atomic E-state index is 0.0625. The molecule has 2 rings (SSSR count). The number of carbonyl (C=O) groups excluding carboxylic acids is 1. The highest BCUT2D eigenvalue weighted by atomic mass is 79.9. The molecule has 0 bridgehead atoms. The summed E-state index contributed by atoms with van der Waals surface area (Å²) in [4.78, 5) is 12.8. The summed E-state index contributed by atoms with van der Waals surface area (Å²) in [6, 6.07) is 17.0. The summed E-state index contributed by atoms with van der Waals surface area (Å²) in [5.74, 6) is 0. The molecule has 0 aliphatic carbocycles. The van der Waals surface area contributed by atoms with Gasteiger partial charge < -0.3 is 0 Å². The Kier molecular flexibility index (Phi) is 3.80. The van der Waals surface area contributed by atoms with Crippen LogP contribution in [0.3, 0.4) is 0 Å².